The monoisotopic (exact) mass is 794 g/mol. The Bertz CT molecular complexity index is 1660. The maximum absolute atomic E-state index is 12.1. The quantitative estimate of drug-likeness (QED) is 0.259. The van der Waals surface area contributed by atoms with Crippen molar-refractivity contribution >= 4 is 53.5 Å². The molecule has 55 heavy (non-hydrogen) atoms. The zero-order valence-electron chi connectivity index (χ0n) is 33.0. The number of hydrogen-bond acceptors (Lipinski definition) is 16. The molecule has 304 valence electrons. The molecular formula is C36H51ClN6O12. The predicted octanol–water partition coefficient (Wildman–Crippen LogP) is 3.85. The molecule has 4 rings (SSSR count). The summed E-state index contributed by atoms with van der Waals surface area (Å²) in [4.78, 5) is 83.3. The fourth-order valence-corrected chi connectivity index (χ4v) is 4.93. The molecule has 18 nitrogen and oxygen atoms in total. The maximum atomic E-state index is 12.1. The zero-order chi connectivity index (χ0) is 41.5. The summed E-state index contributed by atoms with van der Waals surface area (Å²) in [5.74, 6) is -2.12. The Kier molecular flexibility index (Phi) is 17.5. The van der Waals surface area contributed by atoms with Gasteiger partial charge in [0.15, 0.2) is 0 Å². The number of hydrogen-bond donors (Lipinski definition) is 1. The summed E-state index contributed by atoms with van der Waals surface area (Å²) in [6, 6.07) is 2.75. The Labute approximate surface area is 325 Å². The maximum Gasteiger partial charge on any atom is 0.410 e. The molecule has 0 spiro atoms. The lowest BCUT2D eigenvalue weighted by Gasteiger charge is -2.36. The van der Waals surface area contributed by atoms with Crippen LogP contribution in [0.5, 0.6) is 0 Å². The number of pyridine rings is 2. The number of halogens is 1. The Morgan fingerprint density at radius 1 is 0.582 bits per heavy atom. The molecular weight excluding hydrogens is 744 g/mol. The van der Waals surface area contributed by atoms with Crippen LogP contribution in [-0.2, 0) is 28.4 Å². The summed E-state index contributed by atoms with van der Waals surface area (Å²) >= 11 is 5.59. The van der Waals surface area contributed by atoms with Crippen molar-refractivity contribution in [2.24, 2.45) is 0 Å². The van der Waals surface area contributed by atoms with Gasteiger partial charge in [0.25, 0.3) is 0 Å². The van der Waals surface area contributed by atoms with Crippen LogP contribution in [0, 0.1) is 0 Å². The normalized spacial score (nSPS) is 14.1. The number of amides is 2. The Hall–Kier alpha value is -5.23. The first kappa shape index (κ1) is 45.9. The highest BCUT2D eigenvalue weighted by Crippen LogP contribution is 2.21. The Morgan fingerprint density at radius 3 is 1.38 bits per heavy atom. The molecule has 2 amide bonds. The predicted molar refractivity (Wildman–Crippen MR) is 200 cm³/mol. The summed E-state index contributed by atoms with van der Waals surface area (Å²) in [5, 5.41) is 3.28. The zero-order valence-corrected chi connectivity index (χ0v) is 33.7. The van der Waals surface area contributed by atoms with E-state index in [0.717, 1.165) is 26.2 Å². The molecule has 4 heterocycles. The minimum absolute atomic E-state index is 0.0220. The number of rotatable bonds is 5. The standard InChI is InChI=1S/C18H25N3O6.C9H8ClNO4.C9H18N2O2/c1-18(2,3)27-17(24)21-8-6-20(7-9-21)14-10-12(15(22)25-4)13(11-19-14)16(23)26-5;1-14-8(12)5-3-7(10)11-4-6(5)9(13)15-2;1-9(2,3)13-8(12)11-6-4-10-5-7-11/h10-11H,6-9H2,1-5H3;3-4H,1-2H3;10H,4-7H2,1-3H3. The van der Waals surface area contributed by atoms with E-state index in [9.17, 15) is 28.8 Å². The molecule has 0 bridgehead atoms. The number of nitrogens with zero attached hydrogens (tertiary/aromatic N) is 5. The Balaban J connectivity index is 0.000000314. The smallest absolute Gasteiger partial charge is 0.410 e. The molecule has 2 aliphatic heterocycles. The first-order valence-corrected chi connectivity index (χ1v) is 17.5. The van der Waals surface area contributed by atoms with Crippen LogP contribution in [0.1, 0.15) is 83.0 Å². The molecule has 0 unspecified atom stereocenters. The van der Waals surface area contributed by atoms with Gasteiger partial charge in [-0.1, -0.05) is 11.6 Å². The van der Waals surface area contributed by atoms with E-state index in [1.54, 1.807) is 9.80 Å². The fourth-order valence-electron chi connectivity index (χ4n) is 4.77. The molecule has 0 atom stereocenters. The van der Waals surface area contributed by atoms with Gasteiger partial charge in [-0.25, -0.2) is 38.7 Å². The van der Waals surface area contributed by atoms with Gasteiger partial charge >= 0.3 is 36.1 Å². The van der Waals surface area contributed by atoms with E-state index in [-0.39, 0.29) is 45.2 Å². The van der Waals surface area contributed by atoms with Crippen molar-refractivity contribution in [3.8, 4) is 0 Å². The van der Waals surface area contributed by atoms with Crippen molar-refractivity contribution in [3.05, 3.63) is 51.9 Å². The molecule has 0 saturated carbocycles. The molecule has 0 aliphatic carbocycles. The van der Waals surface area contributed by atoms with Crippen molar-refractivity contribution in [2.45, 2.75) is 52.7 Å². The average Bonchev–Trinajstić information content (AvgIpc) is 3.16. The summed E-state index contributed by atoms with van der Waals surface area (Å²) in [6.45, 7) is 16.3. The average molecular weight is 795 g/mol. The highest BCUT2D eigenvalue weighted by atomic mass is 35.5. The second kappa shape index (κ2) is 21.0. The summed E-state index contributed by atoms with van der Waals surface area (Å²) < 4.78 is 29.0. The SMILES string of the molecule is CC(C)(C)OC(=O)N1CCNCC1.COC(=O)c1cnc(Cl)cc1C(=O)OC.COC(=O)c1cnc(N2CCN(C(=O)OC(C)(C)C)CC2)cc1C(=O)OC. The van der Waals surface area contributed by atoms with Crippen LogP contribution in [0.3, 0.4) is 0 Å². The van der Waals surface area contributed by atoms with Gasteiger partial charge in [-0.05, 0) is 53.7 Å². The molecule has 0 aromatic carbocycles. The van der Waals surface area contributed by atoms with Crippen LogP contribution in [0.15, 0.2) is 24.5 Å². The molecule has 1 N–H and O–H groups in total. The summed E-state index contributed by atoms with van der Waals surface area (Å²) in [7, 11) is 4.88. The number of aromatic nitrogens is 2. The third-order valence-corrected chi connectivity index (χ3v) is 7.61. The van der Waals surface area contributed by atoms with Gasteiger partial charge in [-0.3, -0.25) is 0 Å². The largest absolute Gasteiger partial charge is 0.465 e. The van der Waals surface area contributed by atoms with Crippen molar-refractivity contribution < 1.29 is 57.2 Å². The molecule has 2 saturated heterocycles. The van der Waals surface area contributed by atoms with Gasteiger partial charge in [0.1, 0.15) is 22.2 Å². The van der Waals surface area contributed by atoms with Gasteiger partial charge in [-0.2, -0.15) is 0 Å². The van der Waals surface area contributed by atoms with E-state index in [1.165, 1.54) is 53.0 Å². The van der Waals surface area contributed by atoms with Crippen LogP contribution >= 0.6 is 11.6 Å². The minimum Gasteiger partial charge on any atom is -0.465 e. The molecule has 0 radical (unpaired) electrons. The second-order valence-corrected chi connectivity index (χ2v) is 14.2. The topological polar surface area (TPSA) is 205 Å². The van der Waals surface area contributed by atoms with Gasteiger partial charge in [0.05, 0.1) is 50.7 Å². The number of anilines is 1. The van der Waals surface area contributed by atoms with Crippen molar-refractivity contribution in [1.82, 2.24) is 25.1 Å². The number of esters is 4. The number of piperazine rings is 2. The Morgan fingerprint density at radius 2 is 0.964 bits per heavy atom. The summed E-state index contributed by atoms with van der Waals surface area (Å²) in [5.41, 5.74) is -0.751. The van der Waals surface area contributed by atoms with E-state index < -0.39 is 29.5 Å². The number of ether oxygens (including phenoxy) is 6. The molecule has 2 aromatic heterocycles. The third kappa shape index (κ3) is 14.8. The summed E-state index contributed by atoms with van der Waals surface area (Å²) in [6.07, 6.45) is 1.91. The number of methoxy groups -OCH3 is 4. The van der Waals surface area contributed by atoms with E-state index in [4.69, 9.17) is 25.8 Å². The molecule has 2 aliphatic rings. The lowest BCUT2D eigenvalue weighted by molar-refractivity contribution is 0.0222. The highest BCUT2D eigenvalue weighted by molar-refractivity contribution is 6.30. The van der Waals surface area contributed by atoms with Gasteiger partial charge in [0, 0.05) is 64.8 Å². The minimum atomic E-state index is -0.667. The molecule has 19 heteroatoms. The highest BCUT2D eigenvalue weighted by Gasteiger charge is 2.28. The second-order valence-electron chi connectivity index (χ2n) is 13.8. The van der Waals surface area contributed by atoms with Crippen LogP contribution < -0.4 is 10.2 Å². The van der Waals surface area contributed by atoms with Crippen LogP contribution in [0.2, 0.25) is 5.15 Å². The van der Waals surface area contributed by atoms with Crippen molar-refractivity contribution in [2.75, 3.05) is 85.7 Å². The first-order chi connectivity index (χ1) is 25.7. The lowest BCUT2D eigenvalue weighted by Crippen LogP contribution is -2.50. The van der Waals surface area contributed by atoms with Gasteiger partial charge < -0.3 is 48.4 Å². The third-order valence-electron chi connectivity index (χ3n) is 7.41. The van der Waals surface area contributed by atoms with E-state index in [1.807, 2.05) is 46.4 Å². The van der Waals surface area contributed by atoms with Crippen LogP contribution in [0.25, 0.3) is 0 Å². The molecule has 2 aromatic rings. The number of carbonyl (C=O) groups is 6. The van der Waals surface area contributed by atoms with E-state index in [2.05, 4.69) is 29.5 Å². The van der Waals surface area contributed by atoms with Crippen molar-refractivity contribution in [3.63, 3.8) is 0 Å². The first-order valence-electron chi connectivity index (χ1n) is 17.2. The van der Waals surface area contributed by atoms with Gasteiger partial charge in [0.2, 0.25) is 0 Å². The van der Waals surface area contributed by atoms with Crippen molar-refractivity contribution in [1.29, 1.82) is 0 Å². The lowest BCUT2D eigenvalue weighted by atomic mass is 10.1. The van der Waals surface area contributed by atoms with E-state index >= 15 is 0 Å². The van der Waals surface area contributed by atoms with Crippen LogP contribution in [0.4, 0.5) is 15.4 Å². The van der Waals surface area contributed by atoms with Crippen LogP contribution in [-0.4, -0.2) is 148 Å². The molecule has 2 fully saturated rings. The number of carbonyl (C=O) groups excluding carboxylic acids is 6. The fraction of sp³-hybridized carbons (Fsp3) is 0.556. The van der Waals surface area contributed by atoms with E-state index in [0.29, 0.717) is 32.0 Å². The number of nitrogens with one attached hydrogen (secondary N) is 1. The van der Waals surface area contributed by atoms with Gasteiger partial charge in [-0.15, -0.1) is 0 Å².